The van der Waals surface area contributed by atoms with Crippen LogP contribution in [0, 0.1) is 0 Å². The van der Waals surface area contributed by atoms with Crippen LogP contribution < -0.4 is 20.3 Å². The first-order valence-electron chi connectivity index (χ1n) is 8.74. The average molecular weight is 540 g/mol. The summed E-state index contributed by atoms with van der Waals surface area (Å²) >= 11 is 6.73. The second kappa shape index (κ2) is 12.1. The summed E-state index contributed by atoms with van der Waals surface area (Å²) in [6.45, 7) is 0. The van der Waals surface area contributed by atoms with Gasteiger partial charge in [-0.05, 0) is 36.4 Å². The van der Waals surface area contributed by atoms with Crippen LogP contribution in [0.4, 0.5) is 0 Å². The molecule has 0 aliphatic carbocycles. The summed E-state index contributed by atoms with van der Waals surface area (Å²) in [6, 6.07) is 10.8. The molecule has 0 bridgehead atoms. The first-order valence-corrected chi connectivity index (χ1v) is 10.3. The highest BCUT2D eigenvalue weighted by Crippen LogP contribution is 2.22. The van der Waals surface area contributed by atoms with Crippen LogP contribution in [0.3, 0.4) is 0 Å². The first-order chi connectivity index (χ1) is 14.4. The van der Waals surface area contributed by atoms with Crippen LogP contribution in [-0.4, -0.2) is 38.5 Å². The molecule has 0 aromatic heterocycles. The monoisotopic (exact) mass is 538 g/mol. The lowest BCUT2D eigenvalue weighted by atomic mass is 10.2. The van der Waals surface area contributed by atoms with Crippen LogP contribution in [0.25, 0.3) is 0 Å². The number of ether oxygens (including phenoxy) is 2. The number of hydrazone groups is 2. The van der Waals surface area contributed by atoms with Gasteiger partial charge in [-0.2, -0.15) is 10.2 Å². The van der Waals surface area contributed by atoms with E-state index in [1.807, 2.05) is 12.1 Å². The molecule has 0 heterocycles. The van der Waals surface area contributed by atoms with Crippen molar-refractivity contribution < 1.29 is 19.1 Å². The third-order valence-corrected chi connectivity index (χ3v) is 4.73. The Bertz CT molecular complexity index is 886. The zero-order chi connectivity index (χ0) is 21.9. The summed E-state index contributed by atoms with van der Waals surface area (Å²) < 4.78 is 12.2. The topological polar surface area (TPSA) is 101 Å². The van der Waals surface area contributed by atoms with Gasteiger partial charge in [-0.3, -0.25) is 9.59 Å². The number of methoxy groups -OCH3 is 2. The summed E-state index contributed by atoms with van der Waals surface area (Å²) in [4.78, 5) is 23.7. The standard InChI is InChI=1S/C20H20Br2N4O4/c1-29-17-5-3-15(21)9-13(17)11-23-25-19(27)7-8-20(28)26-24-12-14-10-16(22)4-6-18(14)30-2/h3-6,9-12H,7-8H2,1-2H3,(H,25,27)(H,26,28)/b23-11+,24-12+. The van der Waals surface area contributed by atoms with Gasteiger partial charge >= 0.3 is 0 Å². The molecule has 0 aliphatic rings. The van der Waals surface area contributed by atoms with Crippen molar-refractivity contribution in [1.82, 2.24) is 10.9 Å². The molecule has 0 aliphatic heterocycles. The van der Waals surface area contributed by atoms with Crippen LogP contribution in [0.5, 0.6) is 11.5 Å². The molecule has 0 saturated heterocycles. The number of hydrogen-bond donors (Lipinski definition) is 2. The smallest absolute Gasteiger partial charge is 0.240 e. The largest absolute Gasteiger partial charge is 0.496 e. The highest BCUT2D eigenvalue weighted by Gasteiger charge is 2.06. The Morgan fingerprint density at radius 1 is 0.833 bits per heavy atom. The van der Waals surface area contributed by atoms with E-state index in [0.29, 0.717) is 22.6 Å². The van der Waals surface area contributed by atoms with Crippen LogP contribution in [0.1, 0.15) is 24.0 Å². The van der Waals surface area contributed by atoms with Crippen molar-refractivity contribution >= 4 is 56.1 Å². The molecular weight excluding hydrogens is 520 g/mol. The highest BCUT2D eigenvalue weighted by molar-refractivity contribution is 9.10. The molecule has 0 atom stereocenters. The van der Waals surface area contributed by atoms with Crippen molar-refractivity contribution in [3.05, 3.63) is 56.5 Å². The summed E-state index contributed by atoms with van der Waals surface area (Å²) in [5.41, 5.74) is 6.15. The fraction of sp³-hybridized carbons (Fsp3) is 0.200. The number of carbonyl (C=O) groups excluding carboxylic acids is 2. The van der Waals surface area contributed by atoms with E-state index in [1.54, 1.807) is 38.5 Å². The van der Waals surface area contributed by atoms with Gasteiger partial charge in [0.15, 0.2) is 0 Å². The molecule has 0 saturated carbocycles. The van der Waals surface area contributed by atoms with Crippen LogP contribution >= 0.6 is 31.9 Å². The van der Waals surface area contributed by atoms with Gasteiger partial charge in [0.1, 0.15) is 11.5 Å². The zero-order valence-electron chi connectivity index (χ0n) is 16.3. The quantitative estimate of drug-likeness (QED) is 0.375. The third-order valence-electron chi connectivity index (χ3n) is 3.75. The maximum Gasteiger partial charge on any atom is 0.240 e. The van der Waals surface area contributed by atoms with Crippen LogP contribution in [-0.2, 0) is 9.59 Å². The Balaban J connectivity index is 1.79. The minimum Gasteiger partial charge on any atom is -0.496 e. The van der Waals surface area contributed by atoms with Gasteiger partial charge in [-0.1, -0.05) is 31.9 Å². The van der Waals surface area contributed by atoms with Gasteiger partial charge in [-0.25, -0.2) is 10.9 Å². The number of hydrogen-bond acceptors (Lipinski definition) is 6. The minimum absolute atomic E-state index is 0.0332. The van der Waals surface area contributed by atoms with Gasteiger partial charge in [0, 0.05) is 32.9 Å². The van der Waals surface area contributed by atoms with Crippen molar-refractivity contribution in [3.8, 4) is 11.5 Å². The summed E-state index contributed by atoms with van der Waals surface area (Å²) in [6.07, 6.45) is 2.87. The molecule has 2 amide bonds. The minimum atomic E-state index is -0.395. The predicted octanol–water partition coefficient (Wildman–Crippen LogP) is 3.61. The number of nitrogens with one attached hydrogen (secondary N) is 2. The molecule has 158 valence electrons. The van der Waals surface area contributed by atoms with Crippen molar-refractivity contribution in [3.63, 3.8) is 0 Å². The lowest BCUT2D eigenvalue weighted by Gasteiger charge is -2.05. The van der Waals surface area contributed by atoms with E-state index in [9.17, 15) is 9.59 Å². The Labute approximate surface area is 191 Å². The summed E-state index contributed by atoms with van der Waals surface area (Å²) in [5, 5.41) is 7.79. The molecule has 30 heavy (non-hydrogen) atoms. The summed E-state index contributed by atoms with van der Waals surface area (Å²) in [7, 11) is 3.10. The molecule has 2 N–H and O–H groups in total. The number of nitrogens with zero attached hydrogens (tertiary/aromatic N) is 2. The zero-order valence-corrected chi connectivity index (χ0v) is 19.5. The molecular formula is C20H20Br2N4O4. The molecule has 0 spiro atoms. The number of carbonyl (C=O) groups is 2. The van der Waals surface area contributed by atoms with Crippen molar-refractivity contribution in [2.45, 2.75) is 12.8 Å². The molecule has 2 aromatic carbocycles. The van der Waals surface area contributed by atoms with Gasteiger partial charge < -0.3 is 9.47 Å². The maximum atomic E-state index is 11.9. The van der Waals surface area contributed by atoms with Crippen molar-refractivity contribution in [1.29, 1.82) is 0 Å². The van der Waals surface area contributed by atoms with E-state index >= 15 is 0 Å². The molecule has 10 heteroatoms. The van der Waals surface area contributed by atoms with E-state index in [-0.39, 0.29) is 12.8 Å². The van der Waals surface area contributed by atoms with Crippen LogP contribution in [0.2, 0.25) is 0 Å². The third kappa shape index (κ3) is 7.60. The fourth-order valence-electron chi connectivity index (χ4n) is 2.30. The molecule has 8 nitrogen and oxygen atoms in total. The van der Waals surface area contributed by atoms with E-state index in [0.717, 1.165) is 8.95 Å². The lowest BCUT2D eigenvalue weighted by Crippen LogP contribution is -2.22. The average Bonchev–Trinajstić information content (AvgIpc) is 2.72. The summed E-state index contributed by atoms with van der Waals surface area (Å²) in [5.74, 6) is 0.451. The first kappa shape index (κ1) is 23.6. The number of rotatable bonds is 9. The van der Waals surface area contributed by atoms with Gasteiger partial charge in [0.2, 0.25) is 11.8 Å². The SMILES string of the molecule is COc1ccc(Br)cc1/C=N/NC(=O)CCC(=O)N/N=C/c1cc(Br)ccc1OC. The predicted molar refractivity (Wildman–Crippen MR) is 122 cm³/mol. The van der Waals surface area contributed by atoms with Crippen molar-refractivity contribution in [2.24, 2.45) is 10.2 Å². The van der Waals surface area contributed by atoms with E-state index in [4.69, 9.17) is 9.47 Å². The number of amides is 2. The molecule has 0 radical (unpaired) electrons. The van der Waals surface area contributed by atoms with Gasteiger partial charge in [0.25, 0.3) is 0 Å². The second-order valence-electron chi connectivity index (χ2n) is 5.86. The number of halogens is 2. The van der Waals surface area contributed by atoms with E-state index < -0.39 is 11.8 Å². The molecule has 2 rings (SSSR count). The maximum absolute atomic E-state index is 11.9. The van der Waals surface area contributed by atoms with Gasteiger partial charge in [-0.15, -0.1) is 0 Å². The van der Waals surface area contributed by atoms with E-state index in [2.05, 4.69) is 52.9 Å². The highest BCUT2D eigenvalue weighted by atomic mass is 79.9. The Kier molecular flexibility index (Phi) is 9.49. The van der Waals surface area contributed by atoms with Gasteiger partial charge in [0.05, 0.1) is 26.6 Å². The molecule has 0 unspecified atom stereocenters. The Morgan fingerprint density at radius 3 is 1.60 bits per heavy atom. The van der Waals surface area contributed by atoms with Crippen LogP contribution in [0.15, 0.2) is 55.5 Å². The lowest BCUT2D eigenvalue weighted by molar-refractivity contribution is -0.126. The van der Waals surface area contributed by atoms with E-state index in [1.165, 1.54) is 12.4 Å². The Hall–Kier alpha value is -2.72. The Morgan fingerprint density at radius 2 is 1.23 bits per heavy atom. The number of benzene rings is 2. The second-order valence-corrected chi connectivity index (χ2v) is 7.69. The molecule has 2 aromatic rings. The fourth-order valence-corrected chi connectivity index (χ4v) is 3.06. The van der Waals surface area contributed by atoms with Crippen molar-refractivity contribution in [2.75, 3.05) is 14.2 Å². The molecule has 0 fully saturated rings. The normalized spacial score (nSPS) is 10.9.